The van der Waals surface area contributed by atoms with Gasteiger partial charge in [-0.25, -0.2) is 4.79 Å². The van der Waals surface area contributed by atoms with Gasteiger partial charge in [-0.15, -0.1) is 0 Å². The number of hydrogen-bond donors (Lipinski definition) is 1. The molecule has 1 fully saturated rings. The Morgan fingerprint density at radius 1 is 1.28 bits per heavy atom. The Hall–Kier alpha value is -2.08. The standard InChI is InChI=1S/C19H27NO5/c1-5-11-25-16-10-9-14(12-15(16)17(21)24-6-2)20-18(22)19(3,23-4)13-7-8-13/h9-10,12-13H,5-8,11H2,1-4H3,(H,20,22). The first-order valence-corrected chi connectivity index (χ1v) is 8.76. The van der Waals surface area contributed by atoms with Crippen molar-refractivity contribution in [2.45, 2.75) is 45.6 Å². The van der Waals surface area contributed by atoms with Crippen molar-refractivity contribution in [3.05, 3.63) is 23.8 Å². The van der Waals surface area contributed by atoms with E-state index < -0.39 is 11.6 Å². The summed E-state index contributed by atoms with van der Waals surface area (Å²) in [5, 5.41) is 2.85. The molecule has 1 saturated carbocycles. The SMILES string of the molecule is CCCOc1ccc(NC(=O)C(C)(OC)C2CC2)cc1C(=O)OCC. The molecule has 6 nitrogen and oxygen atoms in total. The molecule has 0 heterocycles. The smallest absolute Gasteiger partial charge is 0.341 e. The van der Waals surface area contributed by atoms with Gasteiger partial charge in [0, 0.05) is 12.8 Å². The molecule has 1 unspecified atom stereocenters. The fourth-order valence-electron chi connectivity index (χ4n) is 2.65. The van der Waals surface area contributed by atoms with Gasteiger partial charge in [0.15, 0.2) is 0 Å². The van der Waals surface area contributed by atoms with Crippen molar-refractivity contribution in [1.82, 2.24) is 0 Å². The third kappa shape index (κ3) is 4.51. The van der Waals surface area contributed by atoms with E-state index in [2.05, 4.69) is 5.32 Å². The largest absolute Gasteiger partial charge is 0.493 e. The predicted molar refractivity (Wildman–Crippen MR) is 95.0 cm³/mol. The zero-order valence-corrected chi connectivity index (χ0v) is 15.4. The molecule has 1 aromatic carbocycles. The Labute approximate surface area is 148 Å². The fraction of sp³-hybridized carbons (Fsp3) is 0.579. The van der Waals surface area contributed by atoms with E-state index in [0.717, 1.165) is 19.3 Å². The molecule has 1 atom stereocenters. The number of amides is 1. The predicted octanol–water partition coefficient (Wildman–Crippen LogP) is 3.41. The van der Waals surface area contributed by atoms with Gasteiger partial charge in [0.2, 0.25) is 0 Å². The molecule has 0 aliphatic heterocycles. The van der Waals surface area contributed by atoms with Crippen molar-refractivity contribution < 1.29 is 23.8 Å². The second-order valence-corrected chi connectivity index (χ2v) is 6.32. The van der Waals surface area contributed by atoms with E-state index >= 15 is 0 Å². The molecule has 138 valence electrons. The van der Waals surface area contributed by atoms with E-state index in [1.165, 1.54) is 0 Å². The number of nitrogens with one attached hydrogen (secondary N) is 1. The lowest BCUT2D eigenvalue weighted by molar-refractivity contribution is -0.138. The Balaban J connectivity index is 2.21. The number of hydrogen-bond acceptors (Lipinski definition) is 5. The van der Waals surface area contributed by atoms with Crippen LogP contribution >= 0.6 is 0 Å². The first-order chi connectivity index (χ1) is 12.0. The minimum atomic E-state index is -0.860. The van der Waals surface area contributed by atoms with E-state index in [4.69, 9.17) is 14.2 Å². The summed E-state index contributed by atoms with van der Waals surface area (Å²) in [6.07, 6.45) is 2.79. The highest BCUT2D eigenvalue weighted by Gasteiger charge is 2.47. The molecule has 25 heavy (non-hydrogen) atoms. The van der Waals surface area contributed by atoms with E-state index in [-0.39, 0.29) is 18.4 Å². The third-order valence-electron chi connectivity index (χ3n) is 4.43. The van der Waals surface area contributed by atoms with Gasteiger partial charge < -0.3 is 19.5 Å². The van der Waals surface area contributed by atoms with Crippen LogP contribution < -0.4 is 10.1 Å². The molecule has 0 radical (unpaired) electrons. The minimum absolute atomic E-state index is 0.213. The Kier molecular flexibility index (Phi) is 6.42. The minimum Gasteiger partial charge on any atom is -0.493 e. The molecule has 1 amide bonds. The van der Waals surface area contributed by atoms with Crippen LogP contribution in [-0.2, 0) is 14.3 Å². The lowest BCUT2D eigenvalue weighted by atomic mass is 9.99. The summed E-state index contributed by atoms with van der Waals surface area (Å²) in [5.74, 6) is 0.000108. The van der Waals surface area contributed by atoms with E-state index in [1.807, 2.05) is 6.92 Å². The quantitative estimate of drug-likeness (QED) is 0.692. The van der Waals surface area contributed by atoms with Crippen molar-refractivity contribution in [3.63, 3.8) is 0 Å². The summed E-state index contributed by atoms with van der Waals surface area (Å²) >= 11 is 0. The van der Waals surface area contributed by atoms with Crippen LogP contribution in [0.25, 0.3) is 0 Å². The molecule has 1 N–H and O–H groups in total. The number of carbonyl (C=O) groups is 2. The monoisotopic (exact) mass is 349 g/mol. The van der Waals surface area contributed by atoms with E-state index in [1.54, 1.807) is 39.2 Å². The maximum Gasteiger partial charge on any atom is 0.341 e. The van der Waals surface area contributed by atoms with Crippen LogP contribution in [0.4, 0.5) is 5.69 Å². The summed E-state index contributed by atoms with van der Waals surface area (Å²) < 4.78 is 16.2. The summed E-state index contributed by atoms with van der Waals surface area (Å²) in [6, 6.07) is 4.98. The highest BCUT2D eigenvalue weighted by molar-refractivity contribution is 6.00. The molecule has 1 aromatic rings. The van der Waals surface area contributed by atoms with Crippen molar-refractivity contribution in [2.75, 3.05) is 25.6 Å². The van der Waals surface area contributed by atoms with Gasteiger partial charge in [-0.05, 0) is 57.2 Å². The van der Waals surface area contributed by atoms with Crippen LogP contribution in [0.15, 0.2) is 18.2 Å². The topological polar surface area (TPSA) is 73.9 Å². The second kappa shape index (κ2) is 8.34. The van der Waals surface area contributed by atoms with Gasteiger partial charge in [-0.3, -0.25) is 4.79 Å². The van der Waals surface area contributed by atoms with Crippen molar-refractivity contribution in [1.29, 1.82) is 0 Å². The van der Waals surface area contributed by atoms with Crippen molar-refractivity contribution in [3.8, 4) is 5.75 Å². The lowest BCUT2D eigenvalue weighted by Crippen LogP contribution is -2.44. The van der Waals surface area contributed by atoms with Crippen LogP contribution in [0.1, 0.15) is 50.4 Å². The highest BCUT2D eigenvalue weighted by atomic mass is 16.5. The number of esters is 1. The number of benzene rings is 1. The fourth-order valence-corrected chi connectivity index (χ4v) is 2.65. The van der Waals surface area contributed by atoms with Gasteiger partial charge >= 0.3 is 5.97 Å². The first-order valence-electron chi connectivity index (χ1n) is 8.76. The molecule has 0 saturated heterocycles. The summed E-state index contributed by atoms with van der Waals surface area (Å²) in [5.41, 5.74) is -0.0407. The van der Waals surface area contributed by atoms with Gasteiger partial charge in [0.25, 0.3) is 5.91 Å². The average Bonchev–Trinajstić information content (AvgIpc) is 3.45. The molecular formula is C19H27NO5. The lowest BCUT2D eigenvalue weighted by Gasteiger charge is -2.26. The third-order valence-corrected chi connectivity index (χ3v) is 4.43. The maximum absolute atomic E-state index is 12.6. The molecular weight excluding hydrogens is 322 g/mol. The maximum atomic E-state index is 12.6. The summed E-state index contributed by atoms with van der Waals surface area (Å²) in [4.78, 5) is 24.8. The van der Waals surface area contributed by atoms with Crippen LogP contribution in [0.3, 0.4) is 0 Å². The van der Waals surface area contributed by atoms with Crippen LogP contribution in [0.5, 0.6) is 5.75 Å². The number of methoxy groups -OCH3 is 1. The molecule has 1 aliphatic rings. The van der Waals surface area contributed by atoms with E-state index in [0.29, 0.717) is 23.6 Å². The van der Waals surface area contributed by atoms with Crippen molar-refractivity contribution in [2.24, 2.45) is 5.92 Å². The first kappa shape index (κ1) is 19.2. The molecule has 0 spiro atoms. The Morgan fingerprint density at radius 3 is 2.56 bits per heavy atom. The number of anilines is 1. The average molecular weight is 349 g/mol. The zero-order chi connectivity index (χ0) is 18.4. The van der Waals surface area contributed by atoms with Crippen LogP contribution in [0.2, 0.25) is 0 Å². The summed E-state index contributed by atoms with van der Waals surface area (Å²) in [6.45, 7) is 6.30. The summed E-state index contributed by atoms with van der Waals surface area (Å²) in [7, 11) is 1.55. The number of rotatable bonds is 9. The Morgan fingerprint density at radius 2 is 2.00 bits per heavy atom. The van der Waals surface area contributed by atoms with Gasteiger partial charge in [-0.1, -0.05) is 6.92 Å². The van der Waals surface area contributed by atoms with E-state index in [9.17, 15) is 9.59 Å². The second-order valence-electron chi connectivity index (χ2n) is 6.32. The molecule has 6 heteroatoms. The Bertz CT molecular complexity index is 626. The molecule has 0 bridgehead atoms. The van der Waals surface area contributed by atoms with Gasteiger partial charge in [-0.2, -0.15) is 0 Å². The molecule has 2 rings (SSSR count). The molecule has 1 aliphatic carbocycles. The zero-order valence-electron chi connectivity index (χ0n) is 15.4. The van der Waals surface area contributed by atoms with Crippen LogP contribution in [0, 0.1) is 5.92 Å². The number of carbonyl (C=O) groups excluding carboxylic acids is 2. The van der Waals surface area contributed by atoms with Crippen molar-refractivity contribution >= 4 is 17.6 Å². The van der Waals surface area contributed by atoms with Gasteiger partial charge in [0.1, 0.15) is 16.9 Å². The number of ether oxygens (including phenoxy) is 3. The van der Waals surface area contributed by atoms with Gasteiger partial charge in [0.05, 0.1) is 13.2 Å². The normalized spacial score (nSPS) is 16.0. The van der Waals surface area contributed by atoms with Crippen LogP contribution in [-0.4, -0.2) is 37.8 Å². The molecule has 0 aromatic heterocycles. The highest BCUT2D eigenvalue weighted by Crippen LogP contribution is 2.42.